The van der Waals surface area contributed by atoms with E-state index in [-0.39, 0.29) is 11.6 Å². The van der Waals surface area contributed by atoms with Crippen LogP contribution in [0, 0.1) is 6.92 Å². The molecule has 0 unspecified atom stereocenters. The third-order valence-electron chi connectivity index (χ3n) is 3.86. The summed E-state index contributed by atoms with van der Waals surface area (Å²) < 4.78 is 1.86. The zero-order chi connectivity index (χ0) is 17.2. The molecule has 0 aliphatic carbocycles. The zero-order valence-electron chi connectivity index (χ0n) is 13.5. The molecule has 3 aromatic heterocycles. The molecule has 122 valence electrons. The number of carbonyl (C=O) groups excluding carboxylic acids is 1. The molecule has 4 aromatic rings. The quantitative estimate of drug-likeness (QED) is 0.625. The van der Waals surface area contributed by atoms with Gasteiger partial charge in [-0.2, -0.15) is 0 Å². The summed E-state index contributed by atoms with van der Waals surface area (Å²) in [4.78, 5) is 25.2. The van der Waals surface area contributed by atoms with E-state index in [0.29, 0.717) is 11.5 Å². The molecule has 25 heavy (non-hydrogen) atoms. The highest BCUT2D eigenvalue weighted by atomic mass is 16.2. The van der Waals surface area contributed by atoms with Crippen molar-refractivity contribution in [1.29, 1.82) is 0 Å². The standard InChI is InChI=1S/C19H15N5O/c1-13-7-10-24-16(11-13)22-17(14-5-3-2-4-6-14)18(24)23-19(25)15-12-20-8-9-21-15/h2-12H,1H3,(H,23,25). The van der Waals surface area contributed by atoms with E-state index in [4.69, 9.17) is 4.98 Å². The van der Waals surface area contributed by atoms with Crippen LogP contribution in [0.5, 0.6) is 0 Å². The summed E-state index contributed by atoms with van der Waals surface area (Å²) in [7, 11) is 0. The molecule has 0 saturated heterocycles. The molecule has 0 atom stereocenters. The number of anilines is 1. The second-order valence-electron chi connectivity index (χ2n) is 5.65. The molecule has 6 heteroatoms. The van der Waals surface area contributed by atoms with Crippen LogP contribution in [0.3, 0.4) is 0 Å². The van der Waals surface area contributed by atoms with Crippen molar-refractivity contribution in [3.05, 3.63) is 78.5 Å². The molecule has 4 rings (SSSR count). The Balaban J connectivity index is 1.85. The van der Waals surface area contributed by atoms with Crippen molar-refractivity contribution in [1.82, 2.24) is 19.4 Å². The second-order valence-corrected chi connectivity index (χ2v) is 5.65. The number of rotatable bonds is 3. The summed E-state index contributed by atoms with van der Waals surface area (Å²) >= 11 is 0. The Morgan fingerprint density at radius 2 is 1.96 bits per heavy atom. The smallest absolute Gasteiger partial charge is 0.277 e. The predicted octanol–water partition coefficient (Wildman–Crippen LogP) is 3.35. The van der Waals surface area contributed by atoms with Gasteiger partial charge < -0.3 is 5.32 Å². The molecular weight excluding hydrogens is 314 g/mol. The van der Waals surface area contributed by atoms with Crippen molar-refractivity contribution in [2.24, 2.45) is 0 Å². The molecule has 0 radical (unpaired) electrons. The number of aryl methyl sites for hydroxylation is 1. The van der Waals surface area contributed by atoms with Gasteiger partial charge in [0.05, 0.1) is 6.20 Å². The van der Waals surface area contributed by atoms with Crippen LogP contribution in [-0.2, 0) is 0 Å². The molecule has 0 saturated carbocycles. The van der Waals surface area contributed by atoms with Gasteiger partial charge in [0.25, 0.3) is 5.91 Å². The number of benzene rings is 1. The van der Waals surface area contributed by atoms with Crippen LogP contribution < -0.4 is 5.32 Å². The van der Waals surface area contributed by atoms with Crippen molar-refractivity contribution >= 4 is 17.4 Å². The Morgan fingerprint density at radius 1 is 1.12 bits per heavy atom. The van der Waals surface area contributed by atoms with Gasteiger partial charge in [0.15, 0.2) is 0 Å². The van der Waals surface area contributed by atoms with E-state index in [1.807, 2.05) is 60.0 Å². The van der Waals surface area contributed by atoms with Crippen molar-refractivity contribution in [3.8, 4) is 11.3 Å². The third kappa shape index (κ3) is 2.85. The Bertz CT molecular complexity index is 1040. The van der Waals surface area contributed by atoms with Crippen LogP contribution in [0.4, 0.5) is 5.82 Å². The van der Waals surface area contributed by atoms with E-state index in [9.17, 15) is 4.79 Å². The summed E-state index contributed by atoms with van der Waals surface area (Å²) in [5, 5.41) is 2.93. The fraction of sp³-hybridized carbons (Fsp3) is 0.0526. The van der Waals surface area contributed by atoms with Gasteiger partial charge in [-0.15, -0.1) is 0 Å². The number of hydrogen-bond acceptors (Lipinski definition) is 4. The van der Waals surface area contributed by atoms with Crippen molar-refractivity contribution in [3.63, 3.8) is 0 Å². The van der Waals surface area contributed by atoms with E-state index in [1.165, 1.54) is 18.6 Å². The van der Waals surface area contributed by atoms with Crippen LogP contribution in [0.25, 0.3) is 16.9 Å². The van der Waals surface area contributed by atoms with Gasteiger partial charge in [-0.05, 0) is 24.6 Å². The van der Waals surface area contributed by atoms with Gasteiger partial charge >= 0.3 is 0 Å². The zero-order valence-corrected chi connectivity index (χ0v) is 13.5. The molecule has 1 aromatic carbocycles. The maximum Gasteiger partial charge on any atom is 0.277 e. The molecule has 3 heterocycles. The molecule has 0 aliphatic rings. The Kier molecular flexibility index (Phi) is 3.70. The van der Waals surface area contributed by atoms with Crippen LogP contribution in [0.15, 0.2) is 67.3 Å². The minimum atomic E-state index is -0.326. The van der Waals surface area contributed by atoms with Gasteiger partial charge in [-0.25, -0.2) is 9.97 Å². The number of pyridine rings is 1. The van der Waals surface area contributed by atoms with Gasteiger partial charge in [0, 0.05) is 24.2 Å². The first-order chi connectivity index (χ1) is 12.2. The normalized spacial score (nSPS) is 10.8. The van der Waals surface area contributed by atoms with Crippen LogP contribution in [0.2, 0.25) is 0 Å². The lowest BCUT2D eigenvalue weighted by Crippen LogP contribution is -2.15. The second kappa shape index (κ2) is 6.16. The number of aromatic nitrogens is 4. The number of imidazole rings is 1. The summed E-state index contributed by atoms with van der Waals surface area (Å²) in [5.74, 6) is 0.282. The number of carbonyl (C=O) groups is 1. The summed E-state index contributed by atoms with van der Waals surface area (Å²) in [6.07, 6.45) is 6.36. The average molecular weight is 329 g/mol. The number of fused-ring (bicyclic) bond motifs is 1. The summed E-state index contributed by atoms with van der Waals surface area (Å²) in [5.41, 5.74) is 3.77. The fourth-order valence-corrected chi connectivity index (χ4v) is 2.65. The molecule has 0 spiro atoms. The van der Waals surface area contributed by atoms with Crippen molar-refractivity contribution in [2.45, 2.75) is 6.92 Å². The Morgan fingerprint density at radius 3 is 2.72 bits per heavy atom. The minimum Gasteiger partial charge on any atom is -0.304 e. The van der Waals surface area contributed by atoms with Crippen molar-refractivity contribution < 1.29 is 4.79 Å². The SMILES string of the molecule is Cc1ccn2c(NC(=O)c3cnccn3)c(-c3ccccc3)nc2c1. The number of nitrogens with one attached hydrogen (secondary N) is 1. The third-order valence-corrected chi connectivity index (χ3v) is 3.86. The molecule has 1 amide bonds. The Labute approximate surface area is 144 Å². The van der Waals surface area contributed by atoms with E-state index in [0.717, 1.165) is 16.8 Å². The number of nitrogens with zero attached hydrogens (tertiary/aromatic N) is 4. The van der Waals surface area contributed by atoms with E-state index >= 15 is 0 Å². The molecule has 6 nitrogen and oxygen atoms in total. The molecular formula is C19H15N5O. The molecule has 0 bridgehead atoms. The average Bonchev–Trinajstić information content (AvgIpc) is 3.00. The van der Waals surface area contributed by atoms with E-state index in [2.05, 4.69) is 15.3 Å². The van der Waals surface area contributed by atoms with Gasteiger partial charge in [0.1, 0.15) is 22.9 Å². The highest BCUT2D eigenvalue weighted by molar-refractivity contribution is 6.04. The van der Waals surface area contributed by atoms with Gasteiger partial charge in [0.2, 0.25) is 0 Å². The van der Waals surface area contributed by atoms with E-state index < -0.39 is 0 Å². The molecule has 0 aliphatic heterocycles. The van der Waals surface area contributed by atoms with Crippen LogP contribution >= 0.6 is 0 Å². The topological polar surface area (TPSA) is 72.2 Å². The lowest BCUT2D eigenvalue weighted by molar-refractivity contribution is 0.102. The predicted molar refractivity (Wildman–Crippen MR) is 95.4 cm³/mol. The van der Waals surface area contributed by atoms with Gasteiger partial charge in [-0.1, -0.05) is 30.3 Å². The minimum absolute atomic E-state index is 0.253. The van der Waals surface area contributed by atoms with Gasteiger partial charge in [-0.3, -0.25) is 14.2 Å². The lowest BCUT2D eigenvalue weighted by Gasteiger charge is -2.07. The molecule has 0 fully saturated rings. The van der Waals surface area contributed by atoms with Crippen molar-refractivity contribution in [2.75, 3.05) is 5.32 Å². The Hall–Kier alpha value is -3.54. The molecule has 1 N–H and O–H groups in total. The fourth-order valence-electron chi connectivity index (χ4n) is 2.65. The monoisotopic (exact) mass is 329 g/mol. The maximum absolute atomic E-state index is 12.6. The van der Waals surface area contributed by atoms with Crippen LogP contribution in [-0.4, -0.2) is 25.3 Å². The van der Waals surface area contributed by atoms with Crippen LogP contribution in [0.1, 0.15) is 16.1 Å². The number of hydrogen-bond donors (Lipinski definition) is 1. The number of amides is 1. The largest absolute Gasteiger partial charge is 0.304 e. The maximum atomic E-state index is 12.6. The first kappa shape index (κ1) is 15.0. The lowest BCUT2D eigenvalue weighted by atomic mass is 10.1. The highest BCUT2D eigenvalue weighted by Gasteiger charge is 2.17. The first-order valence-electron chi connectivity index (χ1n) is 7.84. The highest BCUT2D eigenvalue weighted by Crippen LogP contribution is 2.29. The first-order valence-corrected chi connectivity index (χ1v) is 7.84. The summed E-state index contributed by atoms with van der Waals surface area (Å²) in [6, 6.07) is 13.7. The van der Waals surface area contributed by atoms with E-state index in [1.54, 1.807) is 0 Å². The summed E-state index contributed by atoms with van der Waals surface area (Å²) in [6.45, 7) is 2.01.